The van der Waals surface area contributed by atoms with E-state index in [4.69, 9.17) is 6.64 Å². The number of rotatable bonds is 8. The Balaban J connectivity index is 2.69. The molecule has 0 aliphatic heterocycles. The number of unbranched alkanes of at least 4 members (excludes halogenated alkanes) is 2. The molecule has 0 aromatic rings. The molecule has 0 aromatic carbocycles. The van der Waals surface area contributed by atoms with Crippen molar-refractivity contribution in [2.45, 2.75) is 39.5 Å². The summed E-state index contributed by atoms with van der Waals surface area (Å²) < 4.78 is 10.6. The van der Waals surface area contributed by atoms with Crippen molar-refractivity contribution in [3.05, 3.63) is 0 Å². The standard InChI is InChI=1S/2C4H9O.Ti/c2*1-2-3-4-5;/h2*2-4H2,1H3;/q2*-1;+4. The third kappa shape index (κ3) is 10.6. The van der Waals surface area contributed by atoms with Crippen molar-refractivity contribution in [2.75, 3.05) is 13.2 Å². The molecule has 0 N–H and O–H groups in total. The van der Waals surface area contributed by atoms with Gasteiger partial charge in [-0.3, -0.25) is 0 Å². The minimum absolute atomic E-state index is 0.519. The summed E-state index contributed by atoms with van der Waals surface area (Å²) in [6.45, 7) is 6.12. The van der Waals surface area contributed by atoms with E-state index in [1.807, 2.05) is 0 Å². The van der Waals surface area contributed by atoms with Gasteiger partial charge in [-0.05, 0) is 0 Å². The van der Waals surface area contributed by atoms with Crippen LogP contribution in [0.3, 0.4) is 0 Å². The van der Waals surface area contributed by atoms with E-state index in [1.54, 1.807) is 0 Å². The zero-order valence-corrected chi connectivity index (χ0v) is 9.12. The summed E-state index contributed by atoms with van der Waals surface area (Å²) in [6, 6.07) is 0. The molecule has 2 nitrogen and oxygen atoms in total. The van der Waals surface area contributed by atoms with Gasteiger partial charge >= 0.3 is 79.3 Å². The van der Waals surface area contributed by atoms with Crippen molar-refractivity contribution in [1.82, 2.24) is 0 Å². The molecule has 0 saturated heterocycles. The first-order chi connectivity index (χ1) is 5.41. The van der Waals surface area contributed by atoms with E-state index in [1.165, 1.54) is 25.7 Å². The van der Waals surface area contributed by atoms with E-state index >= 15 is 0 Å². The first-order valence-electron chi connectivity index (χ1n) is 4.40. The Hall–Kier alpha value is 0.634. The van der Waals surface area contributed by atoms with Gasteiger partial charge in [0.1, 0.15) is 0 Å². The van der Waals surface area contributed by atoms with Gasteiger partial charge in [0.25, 0.3) is 0 Å². The second-order valence-electron chi connectivity index (χ2n) is 2.49. The first-order valence-corrected chi connectivity index (χ1v) is 5.67. The van der Waals surface area contributed by atoms with Crippen LogP contribution in [0.15, 0.2) is 0 Å². The van der Waals surface area contributed by atoms with Crippen molar-refractivity contribution < 1.29 is 26.6 Å². The summed E-state index contributed by atoms with van der Waals surface area (Å²) >= 11 is -0.519. The normalized spacial score (nSPS) is 9.64. The summed E-state index contributed by atoms with van der Waals surface area (Å²) in [4.78, 5) is 0. The van der Waals surface area contributed by atoms with Crippen LogP contribution in [0.25, 0.3) is 0 Å². The third-order valence-corrected chi connectivity index (χ3v) is 2.32. The fourth-order valence-electron chi connectivity index (χ4n) is 0.558. The van der Waals surface area contributed by atoms with Gasteiger partial charge in [0.15, 0.2) is 0 Å². The van der Waals surface area contributed by atoms with Gasteiger partial charge in [0, 0.05) is 0 Å². The second-order valence-corrected chi connectivity index (χ2v) is 3.65. The molecule has 0 heterocycles. The Morgan fingerprint density at radius 3 is 1.73 bits per heavy atom. The summed E-state index contributed by atoms with van der Waals surface area (Å²) in [5.41, 5.74) is 0. The summed E-state index contributed by atoms with van der Waals surface area (Å²) in [7, 11) is 0. The zero-order valence-electron chi connectivity index (χ0n) is 7.56. The van der Waals surface area contributed by atoms with Crippen LogP contribution in [0, 0.1) is 0 Å². The predicted molar refractivity (Wildman–Crippen MR) is 41.7 cm³/mol. The molecule has 0 fully saturated rings. The maximum absolute atomic E-state index is 5.32. The Labute approximate surface area is 79.5 Å². The summed E-state index contributed by atoms with van der Waals surface area (Å²) in [5.74, 6) is 0. The van der Waals surface area contributed by atoms with Gasteiger partial charge in [-0.1, -0.05) is 0 Å². The molecule has 0 saturated carbocycles. The quantitative estimate of drug-likeness (QED) is 0.436. The van der Waals surface area contributed by atoms with Crippen LogP contribution in [-0.2, 0) is 26.6 Å². The molecule has 0 amide bonds. The van der Waals surface area contributed by atoms with Gasteiger partial charge in [-0.25, -0.2) is 0 Å². The third-order valence-electron chi connectivity index (χ3n) is 1.32. The number of hydrogen-bond donors (Lipinski definition) is 0. The van der Waals surface area contributed by atoms with Crippen LogP contribution in [0.2, 0.25) is 0 Å². The van der Waals surface area contributed by atoms with E-state index < -0.39 is 19.9 Å². The molecule has 0 aromatic heterocycles. The first kappa shape index (κ1) is 11.6. The molecule has 64 valence electrons. The molecule has 0 aliphatic rings. The molecular weight excluding hydrogens is 176 g/mol. The molecule has 0 spiro atoms. The van der Waals surface area contributed by atoms with E-state index in [0.29, 0.717) is 0 Å². The van der Waals surface area contributed by atoms with Gasteiger partial charge in [-0.2, -0.15) is 0 Å². The van der Waals surface area contributed by atoms with Crippen molar-refractivity contribution in [1.29, 1.82) is 0 Å². The molecular formula is C8H18O2Ti+2. The average Bonchev–Trinajstić information content (AvgIpc) is 2.03. The molecule has 11 heavy (non-hydrogen) atoms. The zero-order chi connectivity index (χ0) is 8.36. The summed E-state index contributed by atoms with van der Waals surface area (Å²) in [6.07, 6.45) is 4.75. The molecule has 0 atom stereocenters. The van der Waals surface area contributed by atoms with Crippen LogP contribution in [0.5, 0.6) is 0 Å². The van der Waals surface area contributed by atoms with E-state index in [0.717, 1.165) is 13.2 Å². The van der Waals surface area contributed by atoms with Crippen molar-refractivity contribution in [3.8, 4) is 0 Å². The number of hydrogen-bond acceptors (Lipinski definition) is 2. The average molecular weight is 194 g/mol. The van der Waals surface area contributed by atoms with Gasteiger partial charge in [-0.15, -0.1) is 0 Å². The van der Waals surface area contributed by atoms with Crippen LogP contribution in [0.1, 0.15) is 39.5 Å². The predicted octanol–water partition coefficient (Wildman–Crippen LogP) is 2.53. The van der Waals surface area contributed by atoms with Gasteiger partial charge in [0.2, 0.25) is 0 Å². The molecule has 0 rings (SSSR count). The van der Waals surface area contributed by atoms with Gasteiger partial charge < -0.3 is 0 Å². The van der Waals surface area contributed by atoms with E-state index in [9.17, 15) is 0 Å². The SMILES string of the molecule is CCCC[O][Ti+2][O]CCCC. The Morgan fingerprint density at radius 2 is 1.36 bits per heavy atom. The van der Waals surface area contributed by atoms with E-state index in [-0.39, 0.29) is 0 Å². The Kier molecular flexibility index (Phi) is 11.2. The van der Waals surface area contributed by atoms with Crippen molar-refractivity contribution in [3.63, 3.8) is 0 Å². The molecule has 0 radical (unpaired) electrons. The molecule has 0 unspecified atom stereocenters. The topological polar surface area (TPSA) is 18.5 Å². The van der Waals surface area contributed by atoms with Gasteiger partial charge in [0.05, 0.1) is 0 Å². The Morgan fingerprint density at radius 1 is 0.909 bits per heavy atom. The van der Waals surface area contributed by atoms with Crippen LogP contribution >= 0.6 is 0 Å². The maximum atomic E-state index is 5.32. The fraction of sp³-hybridized carbons (Fsp3) is 1.00. The van der Waals surface area contributed by atoms with Crippen LogP contribution in [0.4, 0.5) is 0 Å². The summed E-state index contributed by atoms with van der Waals surface area (Å²) in [5, 5.41) is 0. The van der Waals surface area contributed by atoms with Crippen molar-refractivity contribution in [2.24, 2.45) is 0 Å². The molecule has 3 heteroatoms. The molecule has 0 aliphatic carbocycles. The van der Waals surface area contributed by atoms with Crippen molar-refractivity contribution >= 4 is 0 Å². The second kappa shape index (κ2) is 10.6. The Bertz CT molecular complexity index is 61.1. The molecule has 0 bridgehead atoms. The fourth-order valence-corrected chi connectivity index (χ4v) is 1.40. The van der Waals surface area contributed by atoms with Crippen LogP contribution in [-0.4, -0.2) is 13.2 Å². The van der Waals surface area contributed by atoms with Crippen LogP contribution < -0.4 is 0 Å². The monoisotopic (exact) mass is 194 g/mol. The van der Waals surface area contributed by atoms with E-state index in [2.05, 4.69) is 13.8 Å². The minimum atomic E-state index is -0.519.